The minimum atomic E-state index is 0.189. The van der Waals surface area contributed by atoms with Crippen LogP contribution in [0.3, 0.4) is 0 Å². The summed E-state index contributed by atoms with van der Waals surface area (Å²) >= 11 is 0. The lowest BCUT2D eigenvalue weighted by Crippen LogP contribution is -2.31. The molecule has 4 heteroatoms. The Morgan fingerprint density at radius 1 is 1.04 bits per heavy atom. The number of amides is 1. The highest BCUT2D eigenvalue weighted by Crippen LogP contribution is 2.32. The highest BCUT2D eigenvalue weighted by molar-refractivity contribution is 5.79. The number of likely N-dealkylation sites (tertiary alicyclic amines) is 1. The van der Waals surface area contributed by atoms with Crippen LogP contribution >= 0.6 is 0 Å². The van der Waals surface area contributed by atoms with Crippen LogP contribution in [0.1, 0.15) is 30.0 Å². The van der Waals surface area contributed by atoms with E-state index in [2.05, 4.69) is 21.7 Å². The molecule has 0 saturated carbocycles. The number of nitrogens with zero attached hydrogens (tertiary/aromatic N) is 3. The molecule has 1 aliphatic heterocycles. The monoisotopic (exact) mass is 331 g/mol. The number of hydrogen-bond acceptors (Lipinski definition) is 2. The molecule has 4 rings (SSSR count). The minimum Gasteiger partial charge on any atom is -0.335 e. The Labute approximate surface area is 147 Å². The van der Waals surface area contributed by atoms with Crippen molar-refractivity contribution in [1.82, 2.24) is 14.5 Å². The van der Waals surface area contributed by atoms with Gasteiger partial charge in [0.2, 0.25) is 5.91 Å². The first-order valence-electron chi connectivity index (χ1n) is 8.73. The summed E-state index contributed by atoms with van der Waals surface area (Å²) < 4.78 is 2.06. The highest BCUT2D eigenvalue weighted by Gasteiger charge is 2.29. The molecule has 1 amide bonds. The van der Waals surface area contributed by atoms with Gasteiger partial charge in [-0.2, -0.15) is 0 Å². The first kappa shape index (κ1) is 15.6. The van der Waals surface area contributed by atoms with E-state index in [0.717, 1.165) is 30.6 Å². The molecule has 0 bridgehead atoms. The number of carbonyl (C=O) groups excluding carboxylic acids is 1. The summed E-state index contributed by atoms with van der Waals surface area (Å²) in [5.74, 6) is 0.202. The van der Waals surface area contributed by atoms with Gasteiger partial charge >= 0.3 is 0 Å². The zero-order valence-electron chi connectivity index (χ0n) is 14.1. The molecular formula is C21H21N3O. The van der Waals surface area contributed by atoms with E-state index in [1.807, 2.05) is 53.7 Å². The van der Waals surface area contributed by atoms with E-state index in [0.29, 0.717) is 6.42 Å². The Balaban J connectivity index is 1.46. The SMILES string of the molecule is O=C(Cc1ccc(-n2cccc2)cc1)N1CCC[C@@H]1c1ccncc1. The minimum absolute atomic E-state index is 0.189. The van der Waals surface area contributed by atoms with Crippen LogP contribution in [0.15, 0.2) is 73.3 Å². The average molecular weight is 331 g/mol. The third-order valence-electron chi connectivity index (χ3n) is 4.86. The number of aromatic nitrogens is 2. The van der Waals surface area contributed by atoms with E-state index >= 15 is 0 Å². The quantitative estimate of drug-likeness (QED) is 0.730. The van der Waals surface area contributed by atoms with Crippen LogP contribution in [0.2, 0.25) is 0 Å². The highest BCUT2D eigenvalue weighted by atomic mass is 16.2. The molecule has 25 heavy (non-hydrogen) atoms. The molecule has 0 unspecified atom stereocenters. The third kappa shape index (κ3) is 3.33. The predicted octanol–water partition coefficient (Wildman–Crippen LogP) is 3.78. The molecule has 1 aliphatic rings. The number of pyridine rings is 1. The van der Waals surface area contributed by atoms with Gasteiger partial charge in [-0.05, 0) is 60.4 Å². The van der Waals surface area contributed by atoms with Gasteiger partial charge in [0.1, 0.15) is 0 Å². The second-order valence-electron chi connectivity index (χ2n) is 6.46. The second-order valence-corrected chi connectivity index (χ2v) is 6.46. The topological polar surface area (TPSA) is 38.1 Å². The number of rotatable bonds is 4. The Morgan fingerprint density at radius 3 is 2.48 bits per heavy atom. The third-order valence-corrected chi connectivity index (χ3v) is 4.86. The van der Waals surface area contributed by atoms with Crippen molar-refractivity contribution in [3.63, 3.8) is 0 Å². The van der Waals surface area contributed by atoms with Crippen molar-refractivity contribution < 1.29 is 4.79 Å². The van der Waals surface area contributed by atoms with Crippen LogP contribution in [-0.4, -0.2) is 26.9 Å². The van der Waals surface area contributed by atoms with Crippen molar-refractivity contribution in [2.75, 3.05) is 6.54 Å². The van der Waals surface area contributed by atoms with Crippen molar-refractivity contribution in [3.05, 3.63) is 84.4 Å². The summed E-state index contributed by atoms with van der Waals surface area (Å²) in [6, 6.07) is 16.4. The van der Waals surface area contributed by atoms with Gasteiger partial charge in [0.25, 0.3) is 0 Å². The summed E-state index contributed by atoms with van der Waals surface area (Å²) in [4.78, 5) is 18.9. The van der Waals surface area contributed by atoms with E-state index in [1.54, 1.807) is 12.4 Å². The van der Waals surface area contributed by atoms with Crippen molar-refractivity contribution in [3.8, 4) is 5.69 Å². The van der Waals surface area contributed by atoms with E-state index in [-0.39, 0.29) is 11.9 Å². The Morgan fingerprint density at radius 2 is 1.76 bits per heavy atom. The van der Waals surface area contributed by atoms with Crippen LogP contribution in [0.5, 0.6) is 0 Å². The molecule has 3 aromatic rings. The average Bonchev–Trinajstić information content (AvgIpc) is 3.35. The van der Waals surface area contributed by atoms with Gasteiger partial charge < -0.3 is 9.47 Å². The van der Waals surface area contributed by atoms with Crippen LogP contribution in [-0.2, 0) is 11.2 Å². The molecule has 3 heterocycles. The molecule has 4 nitrogen and oxygen atoms in total. The lowest BCUT2D eigenvalue weighted by Gasteiger charge is -2.25. The zero-order chi connectivity index (χ0) is 17.1. The molecule has 1 atom stereocenters. The normalized spacial score (nSPS) is 17.0. The number of hydrogen-bond donors (Lipinski definition) is 0. The second kappa shape index (κ2) is 6.93. The van der Waals surface area contributed by atoms with Crippen LogP contribution in [0.4, 0.5) is 0 Å². The summed E-state index contributed by atoms with van der Waals surface area (Å²) in [6.45, 7) is 0.841. The molecule has 0 spiro atoms. The molecule has 1 fully saturated rings. The standard InChI is InChI=1S/C21H21N3O/c25-21(24-15-3-4-20(24)18-9-11-22-12-10-18)16-17-5-7-19(8-6-17)23-13-1-2-14-23/h1-2,5-14,20H,3-4,15-16H2/t20-/m1/s1. The van der Waals surface area contributed by atoms with Gasteiger partial charge in [-0.3, -0.25) is 9.78 Å². The van der Waals surface area contributed by atoms with Crippen molar-refractivity contribution in [2.24, 2.45) is 0 Å². The Hall–Kier alpha value is -2.88. The molecule has 0 aliphatic carbocycles. The molecule has 126 valence electrons. The number of carbonyl (C=O) groups is 1. The van der Waals surface area contributed by atoms with Crippen LogP contribution in [0, 0.1) is 0 Å². The molecule has 0 N–H and O–H groups in total. The van der Waals surface area contributed by atoms with Crippen LogP contribution < -0.4 is 0 Å². The first-order chi connectivity index (χ1) is 12.3. The summed E-state index contributed by atoms with van der Waals surface area (Å²) in [5, 5.41) is 0. The van der Waals surface area contributed by atoms with Crippen molar-refractivity contribution in [2.45, 2.75) is 25.3 Å². The van der Waals surface area contributed by atoms with Gasteiger partial charge in [-0.15, -0.1) is 0 Å². The fraction of sp³-hybridized carbons (Fsp3) is 0.238. The fourth-order valence-corrected chi connectivity index (χ4v) is 3.57. The van der Waals surface area contributed by atoms with E-state index < -0.39 is 0 Å². The first-order valence-corrected chi connectivity index (χ1v) is 8.73. The molecular weight excluding hydrogens is 310 g/mol. The van der Waals surface area contributed by atoms with Gasteiger partial charge in [-0.1, -0.05) is 12.1 Å². The maximum absolute atomic E-state index is 12.8. The van der Waals surface area contributed by atoms with Crippen LogP contribution in [0.25, 0.3) is 5.69 Å². The van der Waals surface area contributed by atoms with Gasteiger partial charge in [-0.25, -0.2) is 0 Å². The van der Waals surface area contributed by atoms with Crippen molar-refractivity contribution >= 4 is 5.91 Å². The zero-order valence-corrected chi connectivity index (χ0v) is 14.1. The summed E-state index contributed by atoms with van der Waals surface area (Å²) in [7, 11) is 0. The maximum atomic E-state index is 12.8. The van der Waals surface area contributed by atoms with E-state index in [1.165, 1.54) is 5.56 Å². The Kier molecular flexibility index (Phi) is 4.34. The van der Waals surface area contributed by atoms with Gasteiger partial charge in [0.15, 0.2) is 0 Å². The largest absolute Gasteiger partial charge is 0.335 e. The fourth-order valence-electron chi connectivity index (χ4n) is 3.57. The maximum Gasteiger partial charge on any atom is 0.227 e. The molecule has 1 aromatic carbocycles. The lowest BCUT2D eigenvalue weighted by molar-refractivity contribution is -0.131. The molecule has 0 radical (unpaired) electrons. The molecule has 1 saturated heterocycles. The Bertz CT molecular complexity index is 825. The summed E-state index contributed by atoms with van der Waals surface area (Å²) in [5.41, 5.74) is 3.35. The van der Waals surface area contributed by atoms with Crippen molar-refractivity contribution in [1.29, 1.82) is 0 Å². The smallest absolute Gasteiger partial charge is 0.227 e. The van der Waals surface area contributed by atoms with E-state index in [9.17, 15) is 4.79 Å². The number of benzene rings is 1. The lowest BCUT2D eigenvalue weighted by atomic mass is 10.1. The van der Waals surface area contributed by atoms with Gasteiger partial charge in [0.05, 0.1) is 12.5 Å². The van der Waals surface area contributed by atoms with E-state index in [4.69, 9.17) is 0 Å². The van der Waals surface area contributed by atoms with Gasteiger partial charge in [0, 0.05) is 37.0 Å². The molecule has 2 aromatic heterocycles. The predicted molar refractivity (Wildman–Crippen MR) is 97.4 cm³/mol. The summed E-state index contributed by atoms with van der Waals surface area (Å²) in [6.07, 6.45) is 10.2.